The number of thiophene rings is 1. The maximum atomic E-state index is 5.90. The van der Waals surface area contributed by atoms with Gasteiger partial charge in [0.2, 0.25) is 0 Å². The number of methoxy groups -OCH3 is 1. The molecule has 1 atom stereocenters. The molecule has 3 nitrogen and oxygen atoms in total. The minimum atomic E-state index is 0.408. The summed E-state index contributed by atoms with van der Waals surface area (Å²) in [7, 11) is 3.75. The molecule has 1 unspecified atom stereocenters. The number of anilines is 2. The van der Waals surface area contributed by atoms with Crippen molar-refractivity contribution in [3.63, 3.8) is 0 Å². The Labute approximate surface area is 118 Å². The van der Waals surface area contributed by atoms with Crippen LogP contribution in [0.15, 0.2) is 35.7 Å². The molecule has 2 N–H and O–H groups in total. The molecule has 1 heterocycles. The quantitative estimate of drug-likeness (QED) is 0.851. The summed E-state index contributed by atoms with van der Waals surface area (Å²) in [6.07, 6.45) is 1.03. The molecule has 0 aliphatic heterocycles. The zero-order valence-electron chi connectivity index (χ0n) is 11.6. The van der Waals surface area contributed by atoms with Crippen LogP contribution in [-0.4, -0.2) is 20.2 Å². The minimum Gasteiger partial charge on any atom is -0.497 e. The minimum absolute atomic E-state index is 0.408. The molecule has 0 aliphatic rings. The summed E-state index contributed by atoms with van der Waals surface area (Å²) in [6, 6.07) is 10.5. The molecular weight excluding hydrogens is 256 g/mol. The summed E-state index contributed by atoms with van der Waals surface area (Å²) in [5.41, 5.74) is 7.71. The van der Waals surface area contributed by atoms with Crippen molar-refractivity contribution >= 4 is 22.7 Å². The van der Waals surface area contributed by atoms with Gasteiger partial charge in [-0.2, -0.15) is 0 Å². The van der Waals surface area contributed by atoms with E-state index in [0.717, 1.165) is 23.5 Å². The number of hydrogen-bond donors (Lipinski definition) is 1. The molecule has 0 aliphatic carbocycles. The van der Waals surface area contributed by atoms with Crippen molar-refractivity contribution < 1.29 is 4.74 Å². The first-order valence-electron chi connectivity index (χ1n) is 6.30. The Bertz CT molecular complexity index is 525. The molecular formula is C15H20N2OS. The lowest BCUT2D eigenvalue weighted by Gasteiger charge is -2.27. The van der Waals surface area contributed by atoms with E-state index in [-0.39, 0.29) is 0 Å². The fraction of sp³-hybridized carbons (Fsp3) is 0.333. The lowest BCUT2D eigenvalue weighted by molar-refractivity contribution is 0.415. The summed E-state index contributed by atoms with van der Waals surface area (Å²) in [6.45, 7) is 2.22. The number of rotatable bonds is 5. The van der Waals surface area contributed by atoms with Crippen LogP contribution in [0.5, 0.6) is 5.75 Å². The van der Waals surface area contributed by atoms with E-state index in [4.69, 9.17) is 10.5 Å². The van der Waals surface area contributed by atoms with Gasteiger partial charge in [-0.05, 0) is 24.4 Å². The van der Waals surface area contributed by atoms with Crippen LogP contribution in [0.4, 0.5) is 11.4 Å². The molecule has 0 saturated heterocycles. The first-order valence-corrected chi connectivity index (χ1v) is 7.18. The smallest absolute Gasteiger partial charge is 0.122 e. The van der Waals surface area contributed by atoms with Crippen LogP contribution < -0.4 is 15.4 Å². The van der Waals surface area contributed by atoms with Crippen molar-refractivity contribution in [1.82, 2.24) is 0 Å². The van der Waals surface area contributed by atoms with Gasteiger partial charge in [-0.3, -0.25) is 0 Å². The second kappa shape index (κ2) is 5.97. The van der Waals surface area contributed by atoms with Gasteiger partial charge >= 0.3 is 0 Å². The van der Waals surface area contributed by atoms with Gasteiger partial charge < -0.3 is 15.4 Å². The molecule has 2 rings (SSSR count). The predicted octanol–water partition coefficient (Wildman–Crippen LogP) is 3.41. The molecule has 19 heavy (non-hydrogen) atoms. The first-order chi connectivity index (χ1) is 9.10. The van der Waals surface area contributed by atoms with Crippen molar-refractivity contribution in [3.05, 3.63) is 40.6 Å². The van der Waals surface area contributed by atoms with Crippen LogP contribution in [0.1, 0.15) is 11.8 Å². The van der Waals surface area contributed by atoms with Crippen molar-refractivity contribution in [2.45, 2.75) is 19.4 Å². The second-order valence-corrected chi connectivity index (χ2v) is 5.74. The zero-order chi connectivity index (χ0) is 13.8. The van der Waals surface area contributed by atoms with E-state index >= 15 is 0 Å². The second-order valence-electron chi connectivity index (χ2n) is 4.71. The molecule has 0 radical (unpaired) electrons. The Hall–Kier alpha value is -1.68. The van der Waals surface area contributed by atoms with Gasteiger partial charge in [0.15, 0.2) is 0 Å². The third-order valence-electron chi connectivity index (χ3n) is 3.29. The monoisotopic (exact) mass is 276 g/mol. The number of nitrogens with zero attached hydrogens (tertiary/aromatic N) is 1. The summed E-state index contributed by atoms with van der Waals surface area (Å²) in [4.78, 5) is 3.63. The molecule has 0 bridgehead atoms. The molecule has 0 fully saturated rings. The lowest BCUT2D eigenvalue weighted by atomic mass is 10.1. The van der Waals surface area contributed by atoms with E-state index in [2.05, 4.69) is 36.4 Å². The third-order valence-corrected chi connectivity index (χ3v) is 4.19. The van der Waals surface area contributed by atoms with Crippen LogP contribution in [0.3, 0.4) is 0 Å². The number of hydrogen-bond acceptors (Lipinski definition) is 4. The van der Waals surface area contributed by atoms with E-state index < -0.39 is 0 Å². The fourth-order valence-electron chi connectivity index (χ4n) is 2.04. The topological polar surface area (TPSA) is 38.5 Å². The summed E-state index contributed by atoms with van der Waals surface area (Å²) in [5.74, 6) is 0.796. The van der Waals surface area contributed by atoms with Gasteiger partial charge in [-0.15, -0.1) is 11.3 Å². The van der Waals surface area contributed by atoms with Crippen molar-refractivity contribution in [1.29, 1.82) is 0 Å². The molecule has 0 amide bonds. The Morgan fingerprint density at radius 1 is 1.37 bits per heavy atom. The van der Waals surface area contributed by atoms with Gasteiger partial charge in [0.1, 0.15) is 5.75 Å². The molecule has 0 spiro atoms. The van der Waals surface area contributed by atoms with Crippen LogP contribution in [0.25, 0.3) is 0 Å². The number of nitrogens with two attached hydrogens (primary N) is 1. The van der Waals surface area contributed by atoms with Crippen LogP contribution >= 0.6 is 11.3 Å². The molecule has 1 aromatic heterocycles. The third kappa shape index (κ3) is 3.41. The lowest BCUT2D eigenvalue weighted by Crippen LogP contribution is -2.30. The van der Waals surface area contributed by atoms with Crippen LogP contribution in [-0.2, 0) is 6.42 Å². The highest BCUT2D eigenvalue weighted by Gasteiger charge is 2.12. The number of likely N-dealkylation sites (N-methyl/N-ethyl adjacent to an activating group) is 1. The van der Waals surface area contributed by atoms with Gasteiger partial charge in [0.05, 0.1) is 7.11 Å². The van der Waals surface area contributed by atoms with Crippen LogP contribution in [0.2, 0.25) is 0 Å². The highest BCUT2D eigenvalue weighted by molar-refractivity contribution is 7.09. The van der Waals surface area contributed by atoms with E-state index in [0.29, 0.717) is 6.04 Å². The largest absolute Gasteiger partial charge is 0.497 e. The normalized spacial score (nSPS) is 12.2. The summed E-state index contributed by atoms with van der Waals surface area (Å²) < 4.78 is 5.27. The van der Waals surface area contributed by atoms with E-state index in [1.165, 1.54) is 4.88 Å². The molecule has 0 saturated carbocycles. The number of nitrogen functional groups attached to an aromatic ring is 1. The van der Waals surface area contributed by atoms with Gasteiger partial charge in [-0.1, -0.05) is 6.07 Å². The highest BCUT2D eigenvalue weighted by Crippen LogP contribution is 2.26. The van der Waals surface area contributed by atoms with Crippen molar-refractivity contribution in [2.24, 2.45) is 0 Å². The van der Waals surface area contributed by atoms with Gasteiger partial charge in [0.25, 0.3) is 0 Å². The summed E-state index contributed by atoms with van der Waals surface area (Å²) in [5, 5.41) is 2.12. The van der Waals surface area contributed by atoms with E-state index in [1.807, 2.05) is 18.2 Å². The predicted molar refractivity (Wildman–Crippen MR) is 83.3 cm³/mol. The Morgan fingerprint density at radius 2 is 2.16 bits per heavy atom. The SMILES string of the molecule is COc1cc(N)cc(N(C)C(C)Cc2cccs2)c1. The Morgan fingerprint density at radius 3 is 2.79 bits per heavy atom. The number of ether oxygens (including phenoxy) is 1. The maximum Gasteiger partial charge on any atom is 0.122 e. The van der Waals surface area contributed by atoms with Crippen LogP contribution in [0, 0.1) is 0 Å². The standard InChI is InChI=1S/C15H20N2OS/c1-11(7-15-5-4-6-19-15)17(2)13-8-12(16)9-14(10-13)18-3/h4-6,8-11H,7,16H2,1-3H3. The number of benzene rings is 1. The Kier molecular flexibility index (Phi) is 4.32. The van der Waals surface area contributed by atoms with E-state index in [1.54, 1.807) is 18.4 Å². The highest BCUT2D eigenvalue weighted by atomic mass is 32.1. The van der Waals surface area contributed by atoms with Crippen molar-refractivity contribution in [3.8, 4) is 5.75 Å². The van der Waals surface area contributed by atoms with Gasteiger partial charge in [0, 0.05) is 47.9 Å². The summed E-state index contributed by atoms with van der Waals surface area (Å²) >= 11 is 1.80. The van der Waals surface area contributed by atoms with E-state index in [9.17, 15) is 0 Å². The average molecular weight is 276 g/mol. The Balaban J connectivity index is 2.14. The van der Waals surface area contributed by atoms with Gasteiger partial charge in [-0.25, -0.2) is 0 Å². The zero-order valence-corrected chi connectivity index (χ0v) is 12.4. The molecule has 2 aromatic rings. The fourth-order valence-corrected chi connectivity index (χ4v) is 2.87. The average Bonchev–Trinajstić information content (AvgIpc) is 2.89. The molecule has 102 valence electrons. The first kappa shape index (κ1) is 13.7. The maximum absolute atomic E-state index is 5.90. The van der Waals surface area contributed by atoms with Crippen molar-refractivity contribution in [2.75, 3.05) is 24.8 Å². The molecule has 1 aromatic carbocycles. The molecule has 4 heteroatoms.